The topological polar surface area (TPSA) is 73.6 Å². The van der Waals surface area contributed by atoms with Gasteiger partial charge in [0.15, 0.2) is 0 Å². The summed E-state index contributed by atoms with van der Waals surface area (Å²) in [7, 11) is 1.47. The van der Waals surface area contributed by atoms with Crippen LogP contribution in [0.3, 0.4) is 0 Å². The van der Waals surface area contributed by atoms with E-state index in [-0.39, 0.29) is 37.1 Å². The monoisotopic (exact) mass is 342 g/mol. The van der Waals surface area contributed by atoms with Crippen molar-refractivity contribution in [1.82, 2.24) is 0 Å². The fraction of sp³-hybridized carbons (Fsp3) is 0.462. The number of carbonyl (C=O) groups excluding carboxylic acids is 1. The van der Waals surface area contributed by atoms with Crippen LogP contribution in [0.4, 0.5) is 18.9 Å². The molecule has 1 aromatic carbocycles. The Hall–Kier alpha value is -1.51. The third-order valence-electron chi connectivity index (χ3n) is 2.52. The zero-order valence-electron chi connectivity index (χ0n) is 12.1. The standard InChI is InChI=1S/C13H17F3N2O3.ClH/c1-8(17)12(19)18-10-7-9(13(14,15)16)3-4-11(10)21-6-5-20-2;/h3-4,7-8H,5-6,17H2,1-2H3,(H,18,19);1H/t8-;/m0./s1. The highest BCUT2D eigenvalue weighted by molar-refractivity contribution is 5.95. The Balaban J connectivity index is 0.00000441. The Kier molecular flexibility index (Phi) is 8.21. The number of hydrogen-bond donors (Lipinski definition) is 2. The molecule has 3 N–H and O–H groups in total. The summed E-state index contributed by atoms with van der Waals surface area (Å²) in [5.74, 6) is -0.486. The summed E-state index contributed by atoms with van der Waals surface area (Å²) >= 11 is 0. The smallest absolute Gasteiger partial charge is 0.416 e. The first-order valence-electron chi connectivity index (χ1n) is 6.15. The molecule has 0 saturated heterocycles. The Morgan fingerprint density at radius 2 is 2.00 bits per heavy atom. The van der Waals surface area contributed by atoms with Crippen LogP contribution in [0.5, 0.6) is 5.75 Å². The quantitative estimate of drug-likeness (QED) is 0.779. The number of benzene rings is 1. The molecule has 0 aliphatic heterocycles. The Morgan fingerprint density at radius 1 is 1.36 bits per heavy atom. The number of hydrogen-bond acceptors (Lipinski definition) is 4. The SMILES string of the molecule is COCCOc1ccc(C(F)(F)F)cc1NC(=O)[C@H](C)N.Cl. The number of methoxy groups -OCH3 is 1. The molecule has 0 bridgehead atoms. The molecule has 22 heavy (non-hydrogen) atoms. The molecule has 0 heterocycles. The van der Waals surface area contributed by atoms with E-state index in [0.29, 0.717) is 0 Å². The van der Waals surface area contributed by atoms with E-state index in [1.807, 2.05) is 0 Å². The molecule has 9 heteroatoms. The van der Waals surface area contributed by atoms with Crippen molar-refractivity contribution in [3.05, 3.63) is 23.8 Å². The zero-order valence-corrected chi connectivity index (χ0v) is 12.9. The van der Waals surface area contributed by atoms with Crippen molar-refractivity contribution < 1.29 is 27.4 Å². The third-order valence-corrected chi connectivity index (χ3v) is 2.52. The second-order valence-corrected chi connectivity index (χ2v) is 4.33. The predicted octanol–water partition coefficient (Wildman–Crippen LogP) is 2.44. The van der Waals surface area contributed by atoms with Crippen LogP contribution in [0.25, 0.3) is 0 Å². The lowest BCUT2D eigenvalue weighted by Crippen LogP contribution is -2.32. The number of nitrogens with two attached hydrogens (primary N) is 1. The Labute approximate surface area is 132 Å². The van der Waals surface area contributed by atoms with Crippen LogP contribution >= 0.6 is 12.4 Å². The van der Waals surface area contributed by atoms with E-state index in [2.05, 4.69) is 5.32 Å². The maximum absolute atomic E-state index is 12.7. The van der Waals surface area contributed by atoms with Gasteiger partial charge < -0.3 is 20.5 Å². The van der Waals surface area contributed by atoms with E-state index < -0.39 is 23.7 Å². The number of nitrogens with one attached hydrogen (secondary N) is 1. The van der Waals surface area contributed by atoms with E-state index >= 15 is 0 Å². The maximum Gasteiger partial charge on any atom is 0.416 e. The van der Waals surface area contributed by atoms with Crippen LogP contribution in [0.2, 0.25) is 0 Å². The van der Waals surface area contributed by atoms with Gasteiger partial charge in [-0.25, -0.2) is 0 Å². The van der Waals surface area contributed by atoms with Gasteiger partial charge in [0.2, 0.25) is 5.91 Å². The molecule has 0 spiro atoms. The molecule has 0 fully saturated rings. The van der Waals surface area contributed by atoms with Gasteiger partial charge in [-0.05, 0) is 25.1 Å². The fourth-order valence-corrected chi connectivity index (χ4v) is 1.41. The van der Waals surface area contributed by atoms with E-state index in [1.54, 1.807) is 0 Å². The fourth-order valence-electron chi connectivity index (χ4n) is 1.41. The van der Waals surface area contributed by atoms with Gasteiger partial charge in [0.1, 0.15) is 12.4 Å². The van der Waals surface area contributed by atoms with Crippen molar-refractivity contribution in [3.63, 3.8) is 0 Å². The van der Waals surface area contributed by atoms with Crippen LogP contribution in [-0.2, 0) is 15.7 Å². The number of alkyl halides is 3. The van der Waals surface area contributed by atoms with Gasteiger partial charge in [-0.3, -0.25) is 4.79 Å². The van der Waals surface area contributed by atoms with E-state index in [4.69, 9.17) is 15.2 Å². The maximum atomic E-state index is 12.7. The van der Waals surface area contributed by atoms with Crippen molar-refractivity contribution in [2.24, 2.45) is 5.73 Å². The van der Waals surface area contributed by atoms with E-state index in [9.17, 15) is 18.0 Å². The van der Waals surface area contributed by atoms with Crippen molar-refractivity contribution in [2.45, 2.75) is 19.1 Å². The first-order chi connectivity index (χ1) is 9.75. The number of rotatable bonds is 6. The minimum absolute atomic E-state index is 0. The Bertz CT molecular complexity index is 496. The van der Waals surface area contributed by atoms with Gasteiger partial charge in [0.25, 0.3) is 0 Å². The van der Waals surface area contributed by atoms with Gasteiger partial charge in [0.05, 0.1) is 23.9 Å². The summed E-state index contributed by atoms with van der Waals surface area (Å²) < 4.78 is 48.2. The molecule has 0 aromatic heterocycles. The number of ether oxygens (including phenoxy) is 2. The lowest BCUT2D eigenvalue weighted by atomic mass is 10.1. The molecule has 0 aliphatic carbocycles. The highest BCUT2D eigenvalue weighted by atomic mass is 35.5. The van der Waals surface area contributed by atoms with E-state index in [0.717, 1.165) is 18.2 Å². The van der Waals surface area contributed by atoms with Crippen molar-refractivity contribution >= 4 is 24.0 Å². The minimum atomic E-state index is -4.52. The van der Waals surface area contributed by atoms with Gasteiger partial charge in [-0.1, -0.05) is 0 Å². The average molecular weight is 343 g/mol. The van der Waals surface area contributed by atoms with Crippen molar-refractivity contribution in [3.8, 4) is 5.75 Å². The second kappa shape index (κ2) is 8.82. The molecule has 1 atom stereocenters. The van der Waals surface area contributed by atoms with Crippen LogP contribution in [-0.4, -0.2) is 32.3 Å². The minimum Gasteiger partial charge on any atom is -0.489 e. The summed E-state index contributed by atoms with van der Waals surface area (Å²) in [4.78, 5) is 11.6. The zero-order chi connectivity index (χ0) is 16.0. The third kappa shape index (κ3) is 6.08. The van der Waals surface area contributed by atoms with Crippen molar-refractivity contribution in [1.29, 1.82) is 0 Å². The molecule has 1 amide bonds. The molecule has 0 unspecified atom stereocenters. The van der Waals surface area contributed by atoms with Crippen LogP contribution < -0.4 is 15.8 Å². The summed E-state index contributed by atoms with van der Waals surface area (Å²) in [6.45, 7) is 1.83. The van der Waals surface area contributed by atoms with Crippen molar-refractivity contribution in [2.75, 3.05) is 25.6 Å². The molecular weight excluding hydrogens is 325 g/mol. The number of anilines is 1. The molecule has 1 rings (SSSR count). The molecule has 0 radical (unpaired) electrons. The second-order valence-electron chi connectivity index (χ2n) is 4.33. The highest BCUT2D eigenvalue weighted by Crippen LogP contribution is 2.35. The summed E-state index contributed by atoms with van der Waals surface area (Å²) in [6, 6.07) is 1.98. The normalized spacial score (nSPS) is 12.3. The van der Waals surface area contributed by atoms with Crippen LogP contribution in [0.15, 0.2) is 18.2 Å². The summed E-state index contributed by atoms with van der Waals surface area (Å²) in [6.07, 6.45) is -4.52. The molecule has 126 valence electrons. The van der Waals surface area contributed by atoms with Crippen LogP contribution in [0.1, 0.15) is 12.5 Å². The van der Waals surface area contributed by atoms with Gasteiger partial charge in [-0.2, -0.15) is 13.2 Å². The van der Waals surface area contributed by atoms with Gasteiger partial charge >= 0.3 is 6.18 Å². The first kappa shape index (κ1) is 20.5. The molecule has 0 aliphatic rings. The van der Waals surface area contributed by atoms with Crippen LogP contribution in [0, 0.1) is 0 Å². The lowest BCUT2D eigenvalue weighted by Gasteiger charge is -2.16. The predicted molar refractivity (Wildman–Crippen MR) is 78.3 cm³/mol. The summed E-state index contributed by atoms with van der Waals surface area (Å²) in [5.41, 5.74) is 4.42. The number of halogens is 4. The van der Waals surface area contributed by atoms with Gasteiger partial charge in [-0.15, -0.1) is 12.4 Å². The molecular formula is C13H18ClF3N2O3. The van der Waals surface area contributed by atoms with E-state index in [1.165, 1.54) is 14.0 Å². The Morgan fingerprint density at radius 3 is 2.50 bits per heavy atom. The molecule has 0 saturated carbocycles. The highest BCUT2D eigenvalue weighted by Gasteiger charge is 2.31. The average Bonchev–Trinajstić information content (AvgIpc) is 2.39. The summed E-state index contributed by atoms with van der Waals surface area (Å²) in [5, 5.41) is 2.32. The van der Waals surface area contributed by atoms with Gasteiger partial charge in [0, 0.05) is 7.11 Å². The number of carbonyl (C=O) groups is 1. The largest absolute Gasteiger partial charge is 0.489 e. The molecule has 1 aromatic rings. The first-order valence-corrected chi connectivity index (χ1v) is 6.15. The molecule has 5 nitrogen and oxygen atoms in total. The lowest BCUT2D eigenvalue weighted by molar-refractivity contribution is -0.137. The number of amides is 1.